The first kappa shape index (κ1) is 28.8. The smallest absolute Gasteiger partial charge is 0.318 e. The maximum Gasteiger partial charge on any atom is 0.318 e. The topological polar surface area (TPSA) is 82.1 Å². The Hall–Kier alpha value is -3.30. The second-order valence-electron chi connectivity index (χ2n) is 12.4. The zero-order valence-corrected chi connectivity index (χ0v) is 25.3. The van der Waals surface area contributed by atoms with Crippen LogP contribution in [0.4, 0.5) is 5.82 Å². The number of aromatic nitrogens is 2. The third-order valence-corrected chi connectivity index (χ3v) is 9.78. The Morgan fingerprint density at radius 1 is 1.17 bits per heavy atom. The van der Waals surface area contributed by atoms with E-state index in [0.29, 0.717) is 50.6 Å². The van der Waals surface area contributed by atoms with Crippen LogP contribution in [-0.2, 0) is 29.1 Å². The minimum absolute atomic E-state index is 0.0529. The molecule has 9 heteroatoms. The molecule has 3 aliphatic heterocycles. The Kier molecular flexibility index (Phi) is 8.32. The van der Waals surface area contributed by atoms with Gasteiger partial charge in [0.1, 0.15) is 18.2 Å². The number of ether oxygens (including phenoxy) is 1. The highest BCUT2D eigenvalue weighted by molar-refractivity contribution is 5.87. The van der Waals surface area contributed by atoms with Gasteiger partial charge < -0.3 is 19.4 Å². The second kappa shape index (κ2) is 12.1. The van der Waals surface area contributed by atoms with Crippen molar-refractivity contribution in [3.8, 4) is 6.01 Å². The van der Waals surface area contributed by atoms with Crippen LogP contribution in [0, 0.1) is 0 Å². The van der Waals surface area contributed by atoms with E-state index >= 15 is 0 Å². The fourth-order valence-corrected chi connectivity index (χ4v) is 7.54. The summed E-state index contributed by atoms with van der Waals surface area (Å²) in [4.78, 5) is 44.5. The Balaban J connectivity index is 1.35. The number of anilines is 1. The molecule has 9 nitrogen and oxygen atoms in total. The number of fused-ring (bicyclic) bond motifs is 2. The van der Waals surface area contributed by atoms with Crippen LogP contribution in [0.25, 0.3) is 0 Å². The first-order valence-electron chi connectivity index (χ1n) is 15.6. The number of likely N-dealkylation sites (tertiary alicyclic amines) is 1. The Morgan fingerprint density at radius 2 is 2.00 bits per heavy atom. The van der Waals surface area contributed by atoms with Gasteiger partial charge in [0.25, 0.3) is 0 Å². The molecule has 0 spiro atoms. The Morgan fingerprint density at radius 3 is 2.76 bits per heavy atom. The van der Waals surface area contributed by atoms with Gasteiger partial charge in [-0.05, 0) is 70.3 Å². The van der Waals surface area contributed by atoms with Crippen molar-refractivity contribution >= 4 is 17.5 Å². The monoisotopic (exact) mass is 572 g/mol. The summed E-state index contributed by atoms with van der Waals surface area (Å²) in [6, 6.07) is 9.66. The fourth-order valence-electron chi connectivity index (χ4n) is 7.54. The largest absolute Gasteiger partial charge is 0.462 e. The number of carbonyl (C=O) groups excluding carboxylic acids is 2. The van der Waals surface area contributed by atoms with Crippen LogP contribution in [0.3, 0.4) is 0 Å². The predicted molar refractivity (Wildman–Crippen MR) is 162 cm³/mol. The summed E-state index contributed by atoms with van der Waals surface area (Å²) in [6.07, 6.45) is 6.67. The number of hydrogen-bond acceptors (Lipinski definition) is 8. The summed E-state index contributed by atoms with van der Waals surface area (Å²) in [5, 5.41) is 0. The van der Waals surface area contributed by atoms with Crippen molar-refractivity contribution in [1.82, 2.24) is 24.7 Å². The molecule has 4 atom stereocenters. The molecule has 0 N–H and O–H groups in total. The lowest BCUT2D eigenvalue weighted by Gasteiger charge is -2.43. The van der Waals surface area contributed by atoms with Crippen molar-refractivity contribution in [2.24, 2.45) is 0 Å². The van der Waals surface area contributed by atoms with Gasteiger partial charge >= 0.3 is 6.01 Å². The zero-order chi connectivity index (χ0) is 29.4. The number of ketones is 1. The Bertz CT molecular complexity index is 1350. The van der Waals surface area contributed by atoms with E-state index in [-0.39, 0.29) is 23.8 Å². The van der Waals surface area contributed by atoms with Gasteiger partial charge in [-0.2, -0.15) is 9.97 Å². The molecule has 3 unspecified atom stereocenters. The molecule has 42 heavy (non-hydrogen) atoms. The number of benzene rings is 1. The molecular formula is C33H44N6O3. The average Bonchev–Trinajstić information content (AvgIpc) is 3.71. The molecule has 2 fully saturated rings. The highest BCUT2D eigenvalue weighted by Crippen LogP contribution is 2.43. The first-order chi connectivity index (χ1) is 20.4. The molecule has 2 aromatic rings. The normalized spacial score (nSPS) is 25.9. The number of amides is 1. The molecule has 1 aromatic heterocycles. The molecule has 0 radical (unpaired) electrons. The SMILES string of the molecule is C=CC(=O)N(CC)CC1CC(=O)CC(C)N1c1nc(OC[C@@H]2CCCN2C)nc2c1CN(C1CCc3ccccc31)C2. The second-order valence-corrected chi connectivity index (χ2v) is 12.4. The van der Waals surface area contributed by atoms with Crippen molar-refractivity contribution < 1.29 is 14.3 Å². The summed E-state index contributed by atoms with van der Waals surface area (Å²) < 4.78 is 6.33. The number of piperidine rings is 1. The molecule has 6 rings (SSSR count). The van der Waals surface area contributed by atoms with Gasteiger partial charge in [-0.15, -0.1) is 0 Å². The Labute approximate surface area is 249 Å². The van der Waals surface area contributed by atoms with E-state index in [9.17, 15) is 9.59 Å². The molecule has 1 aromatic carbocycles. The van der Waals surface area contributed by atoms with Crippen molar-refractivity contribution in [2.75, 3.05) is 38.2 Å². The summed E-state index contributed by atoms with van der Waals surface area (Å²) in [6.45, 7) is 11.9. The molecule has 224 valence electrons. The molecular weight excluding hydrogens is 528 g/mol. The maximum atomic E-state index is 12.9. The van der Waals surface area contributed by atoms with Crippen molar-refractivity contribution in [3.05, 3.63) is 59.3 Å². The van der Waals surface area contributed by atoms with Gasteiger partial charge in [-0.3, -0.25) is 14.5 Å². The van der Waals surface area contributed by atoms with Crippen LogP contribution in [0.2, 0.25) is 0 Å². The summed E-state index contributed by atoms with van der Waals surface area (Å²) >= 11 is 0. The number of Topliss-reactive ketones (excluding diaryl/α,β-unsaturated/α-hetero) is 1. The lowest BCUT2D eigenvalue weighted by atomic mass is 9.94. The van der Waals surface area contributed by atoms with Crippen LogP contribution >= 0.6 is 0 Å². The summed E-state index contributed by atoms with van der Waals surface area (Å²) in [7, 11) is 2.15. The van der Waals surface area contributed by atoms with Crippen LogP contribution in [0.5, 0.6) is 6.01 Å². The van der Waals surface area contributed by atoms with Gasteiger partial charge in [0, 0.05) is 62.7 Å². The van der Waals surface area contributed by atoms with Gasteiger partial charge in [-0.25, -0.2) is 0 Å². The fraction of sp³-hybridized carbons (Fsp3) is 0.576. The van der Waals surface area contributed by atoms with E-state index in [1.807, 2.05) is 6.92 Å². The minimum Gasteiger partial charge on any atom is -0.462 e. The lowest BCUT2D eigenvalue weighted by Crippen LogP contribution is -2.54. The highest BCUT2D eigenvalue weighted by atomic mass is 16.5. The number of carbonyl (C=O) groups is 2. The predicted octanol–water partition coefficient (Wildman–Crippen LogP) is 3.91. The summed E-state index contributed by atoms with van der Waals surface area (Å²) in [5.74, 6) is 0.962. The number of rotatable bonds is 9. The van der Waals surface area contributed by atoms with Crippen LogP contribution in [-0.4, -0.2) is 87.8 Å². The third-order valence-electron chi connectivity index (χ3n) is 9.78. The zero-order valence-electron chi connectivity index (χ0n) is 25.3. The third kappa shape index (κ3) is 5.56. The molecule has 4 aliphatic rings. The van der Waals surface area contributed by atoms with E-state index in [1.165, 1.54) is 23.6 Å². The van der Waals surface area contributed by atoms with Gasteiger partial charge in [0.05, 0.1) is 11.7 Å². The number of hydrogen-bond donors (Lipinski definition) is 0. The molecule has 4 heterocycles. The number of likely N-dealkylation sites (N-methyl/N-ethyl adjacent to an activating group) is 2. The first-order valence-corrected chi connectivity index (χ1v) is 15.6. The molecule has 0 saturated carbocycles. The standard InChI is InChI=1S/C33H44N6O3/c1-5-31(41)37(6-2)18-25-17-26(40)16-22(3)39(25)32-28-19-38(30-14-13-23-10-7-8-12-27(23)30)20-29(28)34-33(35-32)42-21-24-11-9-15-36(24)4/h5,7-8,10,12,22,24-25,30H,1,6,9,11,13-21H2,2-4H3/t22?,24-,25?,30?/m0/s1. The van der Waals surface area contributed by atoms with Gasteiger partial charge in [-0.1, -0.05) is 30.8 Å². The lowest BCUT2D eigenvalue weighted by molar-refractivity contribution is -0.127. The van der Waals surface area contributed by atoms with Crippen molar-refractivity contribution in [1.29, 1.82) is 0 Å². The van der Waals surface area contributed by atoms with Crippen molar-refractivity contribution in [2.45, 2.75) is 89.6 Å². The van der Waals surface area contributed by atoms with Gasteiger partial charge in [0.2, 0.25) is 5.91 Å². The van der Waals surface area contributed by atoms with Gasteiger partial charge in [0.15, 0.2) is 0 Å². The number of nitrogens with zero attached hydrogens (tertiary/aromatic N) is 6. The van der Waals surface area contributed by atoms with E-state index < -0.39 is 0 Å². The summed E-state index contributed by atoms with van der Waals surface area (Å²) in [5.41, 5.74) is 4.98. The van der Waals surface area contributed by atoms with E-state index in [1.54, 1.807) is 4.90 Å². The highest BCUT2D eigenvalue weighted by Gasteiger charge is 2.40. The van der Waals surface area contributed by atoms with E-state index in [0.717, 1.165) is 56.0 Å². The van der Waals surface area contributed by atoms with E-state index in [4.69, 9.17) is 14.7 Å². The van der Waals surface area contributed by atoms with E-state index in [2.05, 4.69) is 59.5 Å². The quantitative estimate of drug-likeness (QED) is 0.419. The molecule has 1 amide bonds. The minimum atomic E-state index is -0.181. The van der Waals surface area contributed by atoms with Crippen LogP contribution in [0.15, 0.2) is 36.9 Å². The molecule has 2 saturated heterocycles. The van der Waals surface area contributed by atoms with Crippen LogP contribution in [0.1, 0.15) is 74.4 Å². The maximum absolute atomic E-state index is 12.9. The van der Waals surface area contributed by atoms with Crippen molar-refractivity contribution in [3.63, 3.8) is 0 Å². The average molecular weight is 573 g/mol. The number of aryl methyl sites for hydroxylation is 1. The van der Waals surface area contributed by atoms with Crippen LogP contribution < -0.4 is 9.64 Å². The molecule has 0 bridgehead atoms. The molecule has 1 aliphatic carbocycles.